The normalized spacial score (nSPS) is 10.3. The summed E-state index contributed by atoms with van der Waals surface area (Å²) >= 11 is 10.4. The van der Waals surface area contributed by atoms with E-state index in [4.69, 9.17) is 16.3 Å². The Hall–Kier alpha value is -0.540. The van der Waals surface area contributed by atoms with Crippen molar-refractivity contribution < 1.29 is 9.53 Å². The average molecular weight is 528 g/mol. The van der Waals surface area contributed by atoms with Crippen molar-refractivity contribution in [3.8, 4) is 5.75 Å². The van der Waals surface area contributed by atoms with Crippen molar-refractivity contribution in [3.63, 3.8) is 0 Å². The second-order valence-electron chi connectivity index (χ2n) is 4.33. The number of benzene rings is 2. The predicted octanol–water partition coefficient (Wildman–Crippen LogP) is 5.09. The number of anilines is 1. The van der Waals surface area contributed by atoms with Crippen LogP contribution in [-0.4, -0.2) is 5.97 Å². The van der Waals surface area contributed by atoms with Crippen molar-refractivity contribution >= 4 is 68.4 Å². The zero-order chi connectivity index (χ0) is 15.4. The van der Waals surface area contributed by atoms with Gasteiger partial charge in [0.15, 0.2) is 0 Å². The highest BCUT2D eigenvalue weighted by molar-refractivity contribution is 14.1. The molecule has 0 spiro atoms. The van der Waals surface area contributed by atoms with Gasteiger partial charge in [-0.25, -0.2) is 0 Å². The summed E-state index contributed by atoms with van der Waals surface area (Å²) in [4.78, 5) is 11.3. The van der Waals surface area contributed by atoms with Gasteiger partial charge in [-0.15, -0.1) is 0 Å². The van der Waals surface area contributed by atoms with E-state index in [2.05, 4.69) is 50.5 Å². The summed E-state index contributed by atoms with van der Waals surface area (Å²) < 4.78 is 7.34. The predicted molar refractivity (Wildman–Crippen MR) is 102 cm³/mol. The summed E-state index contributed by atoms with van der Waals surface area (Å²) in [7, 11) is 0. The van der Waals surface area contributed by atoms with Gasteiger partial charge < -0.3 is 10.1 Å². The minimum atomic E-state index is -0.321. The maximum Gasteiger partial charge on any atom is 0.308 e. The van der Waals surface area contributed by atoms with E-state index in [0.717, 1.165) is 18.4 Å². The first-order chi connectivity index (χ1) is 9.95. The van der Waals surface area contributed by atoms with Gasteiger partial charge in [-0.2, -0.15) is 0 Å². The van der Waals surface area contributed by atoms with Crippen LogP contribution in [0, 0.1) is 7.14 Å². The number of hydrogen-bond acceptors (Lipinski definition) is 3. The van der Waals surface area contributed by atoms with Crippen LogP contribution in [0.1, 0.15) is 12.5 Å². The Morgan fingerprint density at radius 2 is 2.05 bits per heavy atom. The second-order valence-corrected chi connectivity index (χ2v) is 7.18. The van der Waals surface area contributed by atoms with Crippen molar-refractivity contribution in [3.05, 3.63) is 54.1 Å². The molecule has 2 rings (SSSR count). The van der Waals surface area contributed by atoms with Crippen LogP contribution in [0.5, 0.6) is 5.75 Å². The average Bonchev–Trinajstić information content (AvgIpc) is 2.39. The molecular formula is C15H12ClI2NO2. The van der Waals surface area contributed by atoms with Crippen LogP contribution in [0.15, 0.2) is 36.4 Å². The molecule has 6 heteroatoms. The minimum Gasteiger partial charge on any atom is -0.425 e. The highest BCUT2D eigenvalue weighted by Gasteiger charge is 2.12. The summed E-state index contributed by atoms with van der Waals surface area (Å²) in [5.74, 6) is 0.288. The van der Waals surface area contributed by atoms with E-state index in [-0.39, 0.29) is 5.97 Å². The van der Waals surface area contributed by atoms with Crippen LogP contribution in [0.3, 0.4) is 0 Å². The molecule has 21 heavy (non-hydrogen) atoms. The fourth-order valence-electron chi connectivity index (χ4n) is 1.80. The molecule has 0 aliphatic heterocycles. The van der Waals surface area contributed by atoms with Gasteiger partial charge in [0.2, 0.25) is 0 Å². The zero-order valence-electron chi connectivity index (χ0n) is 11.1. The van der Waals surface area contributed by atoms with Gasteiger partial charge in [-0.05, 0) is 75.5 Å². The largest absolute Gasteiger partial charge is 0.425 e. The number of hydrogen-bond donors (Lipinski definition) is 1. The maximum atomic E-state index is 11.3. The Balaban J connectivity index is 2.24. The molecule has 110 valence electrons. The van der Waals surface area contributed by atoms with Crippen LogP contribution in [0.25, 0.3) is 0 Å². The van der Waals surface area contributed by atoms with Crippen molar-refractivity contribution in [1.29, 1.82) is 0 Å². The molecule has 0 saturated heterocycles. The highest BCUT2D eigenvalue weighted by Crippen LogP contribution is 2.29. The van der Waals surface area contributed by atoms with E-state index in [1.54, 1.807) is 0 Å². The number of carbonyl (C=O) groups excluding carboxylic acids is 1. The summed E-state index contributed by atoms with van der Waals surface area (Å²) in [5, 5.41) is 3.97. The van der Waals surface area contributed by atoms with Gasteiger partial charge in [0.05, 0.1) is 3.57 Å². The molecule has 0 aliphatic rings. The molecule has 2 aromatic carbocycles. The number of halogens is 3. The van der Waals surface area contributed by atoms with E-state index >= 15 is 0 Å². The highest BCUT2D eigenvalue weighted by atomic mass is 127. The van der Waals surface area contributed by atoms with Crippen molar-refractivity contribution in [2.45, 2.75) is 13.5 Å². The van der Waals surface area contributed by atoms with Crippen LogP contribution in [0.4, 0.5) is 5.69 Å². The first-order valence-electron chi connectivity index (χ1n) is 6.11. The molecule has 0 bridgehead atoms. The zero-order valence-corrected chi connectivity index (χ0v) is 16.2. The molecule has 0 heterocycles. The first-order valence-corrected chi connectivity index (χ1v) is 8.65. The topological polar surface area (TPSA) is 38.3 Å². The summed E-state index contributed by atoms with van der Waals surface area (Å²) in [6, 6.07) is 11.5. The number of carbonyl (C=O) groups is 1. The van der Waals surface area contributed by atoms with Gasteiger partial charge in [-0.3, -0.25) is 4.79 Å². The molecular weight excluding hydrogens is 515 g/mol. The lowest BCUT2D eigenvalue weighted by molar-refractivity contribution is -0.132. The van der Waals surface area contributed by atoms with Gasteiger partial charge >= 0.3 is 5.97 Å². The molecule has 0 aliphatic carbocycles. The molecule has 0 amide bonds. The monoisotopic (exact) mass is 527 g/mol. The third-order valence-corrected chi connectivity index (χ3v) is 4.30. The van der Waals surface area contributed by atoms with E-state index < -0.39 is 0 Å². The molecule has 1 N–H and O–H groups in total. The fraction of sp³-hybridized carbons (Fsp3) is 0.133. The Bertz CT molecular complexity index is 677. The second kappa shape index (κ2) is 7.64. The number of ether oxygens (including phenoxy) is 1. The molecule has 3 nitrogen and oxygen atoms in total. The van der Waals surface area contributed by atoms with Gasteiger partial charge in [0, 0.05) is 33.3 Å². The smallest absolute Gasteiger partial charge is 0.308 e. The summed E-state index contributed by atoms with van der Waals surface area (Å²) in [6.07, 6.45) is 0. The van der Waals surface area contributed by atoms with E-state index in [1.807, 2.05) is 36.4 Å². The van der Waals surface area contributed by atoms with Crippen LogP contribution >= 0.6 is 56.8 Å². The quantitative estimate of drug-likeness (QED) is 0.342. The first kappa shape index (κ1) is 16.8. The fourth-order valence-corrected chi connectivity index (χ4v) is 4.06. The van der Waals surface area contributed by atoms with Gasteiger partial charge in [0.25, 0.3) is 0 Å². The lowest BCUT2D eigenvalue weighted by atomic mass is 10.2. The van der Waals surface area contributed by atoms with Gasteiger partial charge in [0.1, 0.15) is 5.75 Å². The molecule has 0 fully saturated rings. The number of rotatable bonds is 4. The Morgan fingerprint density at radius 1 is 1.29 bits per heavy atom. The van der Waals surface area contributed by atoms with Crippen LogP contribution in [0.2, 0.25) is 5.02 Å². The Labute approximate surface area is 155 Å². The summed E-state index contributed by atoms with van der Waals surface area (Å²) in [6.45, 7) is 1.96. The standard InChI is InChI=1S/C15H12ClI2NO2/c1-9(20)21-15-10(5-12(17)7-14(15)18)8-19-13-4-2-3-11(16)6-13/h2-7,19H,8H2,1H3. The van der Waals surface area contributed by atoms with Crippen molar-refractivity contribution in [1.82, 2.24) is 0 Å². The third kappa shape index (κ3) is 5.00. The molecule has 0 atom stereocenters. The SMILES string of the molecule is CC(=O)Oc1c(I)cc(I)cc1CNc1cccc(Cl)c1. The minimum absolute atomic E-state index is 0.321. The molecule has 0 aromatic heterocycles. The molecule has 0 radical (unpaired) electrons. The number of nitrogens with one attached hydrogen (secondary N) is 1. The molecule has 0 saturated carbocycles. The summed E-state index contributed by atoms with van der Waals surface area (Å²) in [5.41, 5.74) is 1.85. The maximum absolute atomic E-state index is 11.3. The number of esters is 1. The Kier molecular flexibility index (Phi) is 6.12. The van der Waals surface area contributed by atoms with Crippen LogP contribution in [-0.2, 0) is 11.3 Å². The third-order valence-electron chi connectivity index (χ3n) is 2.64. The van der Waals surface area contributed by atoms with Crippen molar-refractivity contribution in [2.75, 3.05) is 5.32 Å². The molecule has 0 unspecified atom stereocenters. The lowest BCUT2D eigenvalue weighted by Crippen LogP contribution is -2.09. The van der Waals surface area contributed by atoms with Gasteiger partial charge in [-0.1, -0.05) is 17.7 Å². The lowest BCUT2D eigenvalue weighted by Gasteiger charge is -2.13. The van der Waals surface area contributed by atoms with Crippen molar-refractivity contribution in [2.24, 2.45) is 0 Å². The van der Waals surface area contributed by atoms with E-state index in [9.17, 15) is 4.79 Å². The van der Waals surface area contributed by atoms with Crippen LogP contribution < -0.4 is 10.1 Å². The van der Waals surface area contributed by atoms with E-state index in [0.29, 0.717) is 17.3 Å². The molecule has 2 aromatic rings. The Morgan fingerprint density at radius 3 is 2.71 bits per heavy atom. The van der Waals surface area contributed by atoms with E-state index in [1.165, 1.54) is 6.92 Å².